The predicted molar refractivity (Wildman–Crippen MR) is 75.5 cm³/mol. The highest BCUT2D eigenvalue weighted by Gasteiger charge is 2.06. The van der Waals surface area contributed by atoms with Crippen LogP contribution in [0.4, 0.5) is 0 Å². The van der Waals surface area contributed by atoms with Crippen molar-refractivity contribution >= 4 is 5.97 Å². The lowest BCUT2D eigenvalue weighted by Crippen LogP contribution is -2.06. The fourth-order valence-corrected chi connectivity index (χ4v) is 2.64. The van der Waals surface area contributed by atoms with Crippen LogP contribution in [-0.2, 0) is 9.53 Å². The maximum atomic E-state index is 11.4. The minimum Gasteiger partial charge on any atom is -0.466 e. The first-order valence-corrected chi connectivity index (χ1v) is 7.94. The van der Waals surface area contributed by atoms with Gasteiger partial charge in [-0.05, 0) is 18.8 Å². The van der Waals surface area contributed by atoms with Crippen molar-refractivity contribution in [3.8, 4) is 0 Å². The van der Waals surface area contributed by atoms with Gasteiger partial charge < -0.3 is 4.74 Å². The standard InChI is InChI=1S/C16H30O2/c1-15-11-7-5-3-2-4-6-10-14-18-16(17)13-9-8-12-15/h15H,2-14H2,1H3/t15-/m1/s1. The van der Waals surface area contributed by atoms with E-state index in [1.165, 1.54) is 57.8 Å². The molecule has 0 amide bonds. The lowest BCUT2D eigenvalue weighted by Gasteiger charge is -2.11. The summed E-state index contributed by atoms with van der Waals surface area (Å²) >= 11 is 0. The Morgan fingerprint density at radius 1 is 0.833 bits per heavy atom. The quantitative estimate of drug-likeness (QED) is 0.577. The number of esters is 1. The van der Waals surface area contributed by atoms with Crippen LogP contribution in [-0.4, -0.2) is 12.6 Å². The Kier molecular flexibility index (Phi) is 8.97. The third-order valence-corrected chi connectivity index (χ3v) is 3.93. The van der Waals surface area contributed by atoms with Crippen LogP contribution >= 0.6 is 0 Å². The number of ether oxygens (including phenoxy) is 1. The van der Waals surface area contributed by atoms with Gasteiger partial charge in [0.05, 0.1) is 6.61 Å². The van der Waals surface area contributed by atoms with Crippen molar-refractivity contribution in [3.05, 3.63) is 0 Å². The molecule has 1 aliphatic heterocycles. The summed E-state index contributed by atoms with van der Waals surface area (Å²) in [5.74, 6) is 0.837. The molecule has 0 unspecified atom stereocenters. The fraction of sp³-hybridized carbons (Fsp3) is 0.938. The molecule has 1 rings (SSSR count). The zero-order valence-electron chi connectivity index (χ0n) is 12.1. The summed E-state index contributed by atoms with van der Waals surface area (Å²) < 4.78 is 5.23. The van der Waals surface area contributed by atoms with Crippen LogP contribution in [0.5, 0.6) is 0 Å². The Hall–Kier alpha value is -0.530. The Morgan fingerprint density at radius 2 is 1.39 bits per heavy atom. The van der Waals surface area contributed by atoms with Crippen LogP contribution in [0.25, 0.3) is 0 Å². The van der Waals surface area contributed by atoms with E-state index in [1.54, 1.807) is 0 Å². The van der Waals surface area contributed by atoms with Crippen molar-refractivity contribution in [2.45, 2.75) is 84.0 Å². The van der Waals surface area contributed by atoms with Gasteiger partial charge >= 0.3 is 5.97 Å². The first kappa shape index (κ1) is 15.5. The molecule has 0 aromatic heterocycles. The number of hydrogen-bond acceptors (Lipinski definition) is 2. The summed E-state index contributed by atoms with van der Waals surface area (Å²) in [6.07, 6.45) is 14.5. The molecule has 1 aliphatic rings. The van der Waals surface area contributed by atoms with Gasteiger partial charge in [-0.2, -0.15) is 0 Å². The molecule has 106 valence electrons. The van der Waals surface area contributed by atoms with Gasteiger partial charge in [0.2, 0.25) is 0 Å². The lowest BCUT2D eigenvalue weighted by atomic mass is 9.96. The summed E-state index contributed by atoms with van der Waals surface area (Å²) in [6.45, 7) is 2.98. The van der Waals surface area contributed by atoms with Crippen LogP contribution < -0.4 is 0 Å². The number of hydrogen-bond donors (Lipinski definition) is 0. The van der Waals surface area contributed by atoms with E-state index in [0.717, 1.165) is 18.8 Å². The van der Waals surface area contributed by atoms with Crippen LogP contribution in [0.3, 0.4) is 0 Å². The Balaban J connectivity index is 2.20. The van der Waals surface area contributed by atoms with Gasteiger partial charge in [0.25, 0.3) is 0 Å². The van der Waals surface area contributed by atoms with E-state index < -0.39 is 0 Å². The monoisotopic (exact) mass is 254 g/mol. The van der Waals surface area contributed by atoms with Crippen LogP contribution in [0.2, 0.25) is 0 Å². The Bertz CT molecular complexity index is 213. The first-order valence-electron chi connectivity index (χ1n) is 7.94. The van der Waals surface area contributed by atoms with Crippen LogP contribution in [0.15, 0.2) is 0 Å². The molecule has 0 aliphatic carbocycles. The fourth-order valence-electron chi connectivity index (χ4n) is 2.64. The minimum atomic E-state index is 0.00903. The molecular weight excluding hydrogens is 224 g/mol. The summed E-state index contributed by atoms with van der Waals surface area (Å²) in [4.78, 5) is 11.4. The third-order valence-electron chi connectivity index (χ3n) is 3.93. The Morgan fingerprint density at radius 3 is 2.11 bits per heavy atom. The van der Waals surface area contributed by atoms with Gasteiger partial charge in [-0.15, -0.1) is 0 Å². The lowest BCUT2D eigenvalue weighted by molar-refractivity contribution is -0.143. The molecule has 0 spiro atoms. The van der Waals surface area contributed by atoms with E-state index in [-0.39, 0.29) is 5.97 Å². The van der Waals surface area contributed by atoms with Gasteiger partial charge in [-0.25, -0.2) is 0 Å². The maximum absolute atomic E-state index is 11.4. The van der Waals surface area contributed by atoms with Crippen LogP contribution in [0, 0.1) is 5.92 Å². The summed E-state index contributed by atoms with van der Waals surface area (Å²) in [7, 11) is 0. The largest absolute Gasteiger partial charge is 0.466 e. The van der Waals surface area contributed by atoms with Crippen molar-refractivity contribution in [1.82, 2.24) is 0 Å². The SMILES string of the molecule is C[C@@H]1CCCCCCCCCOC(=O)CCCC1. The van der Waals surface area contributed by atoms with E-state index in [4.69, 9.17) is 4.74 Å². The normalized spacial score (nSPS) is 26.5. The van der Waals surface area contributed by atoms with Gasteiger partial charge in [0.1, 0.15) is 0 Å². The van der Waals surface area contributed by atoms with E-state index in [0.29, 0.717) is 13.0 Å². The third kappa shape index (κ3) is 8.54. The molecular formula is C16H30O2. The summed E-state index contributed by atoms with van der Waals surface area (Å²) in [5, 5.41) is 0. The highest BCUT2D eigenvalue weighted by atomic mass is 16.5. The van der Waals surface area contributed by atoms with E-state index in [1.807, 2.05) is 0 Å². The van der Waals surface area contributed by atoms with E-state index in [2.05, 4.69) is 6.92 Å². The molecule has 18 heavy (non-hydrogen) atoms. The molecule has 1 heterocycles. The number of carbonyl (C=O) groups excluding carboxylic acids is 1. The summed E-state index contributed by atoms with van der Waals surface area (Å²) in [6, 6.07) is 0. The molecule has 1 fully saturated rings. The summed E-state index contributed by atoms with van der Waals surface area (Å²) in [5.41, 5.74) is 0. The molecule has 0 N–H and O–H groups in total. The zero-order valence-corrected chi connectivity index (χ0v) is 12.1. The van der Waals surface area contributed by atoms with Crippen molar-refractivity contribution in [2.24, 2.45) is 5.92 Å². The predicted octanol–water partition coefficient (Wildman–Crippen LogP) is 4.86. The molecule has 1 atom stereocenters. The molecule has 0 radical (unpaired) electrons. The number of cyclic esters (lactones) is 1. The van der Waals surface area contributed by atoms with Gasteiger partial charge in [-0.1, -0.05) is 64.7 Å². The molecule has 0 aromatic carbocycles. The number of carbonyl (C=O) groups is 1. The highest BCUT2D eigenvalue weighted by molar-refractivity contribution is 5.69. The van der Waals surface area contributed by atoms with E-state index >= 15 is 0 Å². The van der Waals surface area contributed by atoms with Gasteiger partial charge in [0, 0.05) is 6.42 Å². The molecule has 1 saturated heterocycles. The first-order chi connectivity index (χ1) is 8.79. The van der Waals surface area contributed by atoms with Gasteiger partial charge in [0.15, 0.2) is 0 Å². The van der Waals surface area contributed by atoms with Gasteiger partial charge in [-0.3, -0.25) is 4.79 Å². The van der Waals surface area contributed by atoms with Crippen molar-refractivity contribution in [1.29, 1.82) is 0 Å². The second-order valence-electron chi connectivity index (χ2n) is 5.83. The molecule has 0 saturated carbocycles. The van der Waals surface area contributed by atoms with Crippen molar-refractivity contribution < 1.29 is 9.53 Å². The molecule has 0 bridgehead atoms. The second kappa shape index (κ2) is 10.4. The maximum Gasteiger partial charge on any atom is 0.305 e. The average Bonchev–Trinajstić information content (AvgIpc) is 2.35. The average molecular weight is 254 g/mol. The molecule has 2 nitrogen and oxygen atoms in total. The smallest absolute Gasteiger partial charge is 0.305 e. The zero-order chi connectivity index (χ0) is 13.1. The molecule has 2 heteroatoms. The second-order valence-corrected chi connectivity index (χ2v) is 5.83. The van der Waals surface area contributed by atoms with Crippen LogP contribution in [0.1, 0.15) is 84.0 Å². The minimum absolute atomic E-state index is 0.00903. The highest BCUT2D eigenvalue weighted by Crippen LogP contribution is 2.18. The van der Waals surface area contributed by atoms with E-state index in [9.17, 15) is 4.79 Å². The van der Waals surface area contributed by atoms with Crippen molar-refractivity contribution in [3.63, 3.8) is 0 Å². The Labute approximate surface area is 112 Å². The topological polar surface area (TPSA) is 26.3 Å². The number of rotatable bonds is 0. The molecule has 0 aromatic rings. The van der Waals surface area contributed by atoms with Crippen molar-refractivity contribution in [2.75, 3.05) is 6.61 Å².